The van der Waals surface area contributed by atoms with E-state index < -0.39 is 0 Å². The molecule has 1 aromatic carbocycles. The summed E-state index contributed by atoms with van der Waals surface area (Å²) in [6, 6.07) is 3.75. The van der Waals surface area contributed by atoms with Gasteiger partial charge in [0.1, 0.15) is 0 Å². The molecule has 4 N–H and O–H groups in total. The molecule has 0 spiro atoms. The second kappa shape index (κ2) is 8.01. The molecular weight excluding hydrogens is 382 g/mol. The number of benzene rings is 1. The first kappa shape index (κ1) is 18.5. The van der Waals surface area contributed by atoms with Gasteiger partial charge in [-0.1, -0.05) is 16.8 Å². The zero-order chi connectivity index (χ0) is 19.5. The van der Waals surface area contributed by atoms with Crippen molar-refractivity contribution < 1.29 is 10.2 Å². The molecule has 0 unspecified atom stereocenters. The SMILES string of the molecule is OCCCNc1cc(Cl)cc2c1c(-c1cn[nH]c1)cn2-c1cn(CCO)nn1. The summed E-state index contributed by atoms with van der Waals surface area (Å²) in [6.07, 6.45) is 7.96. The smallest absolute Gasteiger partial charge is 0.179 e. The molecule has 0 atom stereocenters. The van der Waals surface area contributed by atoms with Crippen LogP contribution in [0, 0.1) is 0 Å². The van der Waals surface area contributed by atoms with E-state index in [1.807, 2.05) is 29.1 Å². The maximum atomic E-state index is 9.13. The van der Waals surface area contributed by atoms with E-state index in [4.69, 9.17) is 21.8 Å². The third-order valence-corrected chi connectivity index (χ3v) is 4.65. The quantitative estimate of drug-likeness (QED) is 0.336. The molecule has 0 aliphatic rings. The van der Waals surface area contributed by atoms with E-state index in [1.54, 1.807) is 17.1 Å². The lowest BCUT2D eigenvalue weighted by Gasteiger charge is -2.10. The largest absolute Gasteiger partial charge is 0.396 e. The van der Waals surface area contributed by atoms with Crippen LogP contribution in [0.15, 0.2) is 36.9 Å². The molecule has 0 fully saturated rings. The van der Waals surface area contributed by atoms with Crippen molar-refractivity contribution in [1.29, 1.82) is 0 Å². The lowest BCUT2D eigenvalue weighted by molar-refractivity contribution is 0.268. The number of aliphatic hydroxyl groups excluding tert-OH is 2. The zero-order valence-electron chi connectivity index (χ0n) is 15.0. The number of fused-ring (bicyclic) bond motifs is 1. The number of hydrogen-bond acceptors (Lipinski definition) is 6. The lowest BCUT2D eigenvalue weighted by atomic mass is 10.1. The van der Waals surface area contributed by atoms with Gasteiger partial charge >= 0.3 is 0 Å². The first-order chi connectivity index (χ1) is 13.7. The Bertz CT molecular complexity index is 1070. The number of halogens is 1. The molecule has 0 bridgehead atoms. The summed E-state index contributed by atoms with van der Waals surface area (Å²) in [5, 5.41) is 38.3. The summed E-state index contributed by atoms with van der Waals surface area (Å²) in [6.45, 7) is 1.09. The van der Waals surface area contributed by atoms with Gasteiger partial charge < -0.3 is 15.5 Å². The fourth-order valence-electron chi connectivity index (χ4n) is 3.19. The number of aromatic amines is 1. The van der Waals surface area contributed by atoms with E-state index in [0.717, 1.165) is 27.7 Å². The first-order valence-corrected chi connectivity index (χ1v) is 9.29. The van der Waals surface area contributed by atoms with Crippen LogP contribution in [0.1, 0.15) is 6.42 Å². The second-order valence-electron chi connectivity index (χ2n) is 6.31. The minimum absolute atomic E-state index is 0.0136. The molecule has 4 rings (SSSR count). The molecule has 10 heteroatoms. The van der Waals surface area contributed by atoms with Crippen molar-refractivity contribution in [2.75, 3.05) is 25.1 Å². The zero-order valence-corrected chi connectivity index (χ0v) is 15.8. The van der Waals surface area contributed by atoms with Crippen molar-refractivity contribution in [2.24, 2.45) is 0 Å². The fourth-order valence-corrected chi connectivity index (χ4v) is 3.40. The molecule has 0 radical (unpaired) electrons. The van der Waals surface area contributed by atoms with Crippen molar-refractivity contribution in [3.05, 3.63) is 41.9 Å². The van der Waals surface area contributed by atoms with Crippen molar-refractivity contribution in [3.8, 4) is 16.9 Å². The van der Waals surface area contributed by atoms with Gasteiger partial charge in [-0.3, -0.25) is 9.67 Å². The Morgan fingerprint density at radius 3 is 2.82 bits per heavy atom. The monoisotopic (exact) mass is 401 g/mol. The number of anilines is 1. The van der Waals surface area contributed by atoms with Gasteiger partial charge in [0, 0.05) is 52.8 Å². The Kier molecular flexibility index (Phi) is 5.29. The molecule has 3 heterocycles. The van der Waals surface area contributed by atoms with Crippen molar-refractivity contribution in [2.45, 2.75) is 13.0 Å². The number of aliphatic hydroxyl groups is 2. The van der Waals surface area contributed by atoms with Crippen molar-refractivity contribution in [3.63, 3.8) is 0 Å². The third-order valence-electron chi connectivity index (χ3n) is 4.43. The highest BCUT2D eigenvalue weighted by Gasteiger charge is 2.18. The molecule has 0 aliphatic carbocycles. The minimum atomic E-state index is -0.0136. The molecule has 9 nitrogen and oxygen atoms in total. The number of aromatic nitrogens is 6. The molecule has 28 heavy (non-hydrogen) atoms. The number of hydrogen-bond donors (Lipinski definition) is 4. The van der Waals surface area contributed by atoms with E-state index in [9.17, 15) is 0 Å². The van der Waals surface area contributed by atoms with Gasteiger partial charge in [-0.15, -0.1) is 5.10 Å². The molecule has 146 valence electrons. The van der Waals surface area contributed by atoms with Gasteiger partial charge in [0.15, 0.2) is 5.82 Å². The highest BCUT2D eigenvalue weighted by Crippen LogP contribution is 2.38. The summed E-state index contributed by atoms with van der Waals surface area (Å²) < 4.78 is 3.51. The Hall–Kier alpha value is -2.88. The van der Waals surface area contributed by atoms with E-state index in [-0.39, 0.29) is 13.2 Å². The Balaban J connectivity index is 1.90. The van der Waals surface area contributed by atoms with Crippen molar-refractivity contribution >= 4 is 28.2 Å². The number of H-pyrrole nitrogens is 1. The highest BCUT2D eigenvalue weighted by atomic mass is 35.5. The summed E-state index contributed by atoms with van der Waals surface area (Å²) in [5.41, 5.74) is 3.63. The first-order valence-electron chi connectivity index (χ1n) is 8.91. The van der Waals surface area contributed by atoms with Crippen LogP contribution in [0.25, 0.3) is 27.8 Å². The molecule has 4 aromatic rings. The molecule has 0 saturated heterocycles. The van der Waals surface area contributed by atoms with Crippen molar-refractivity contribution in [1.82, 2.24) is 29.8 Å². The Morgan fingerprint density at radius 1 is 1.18 bits per heavy atom. The highest BCUT2D eigenvalue weighted by molar-refractivity contribution is 6.32. The summed E-state index contributed by atoms with van der Waals surface area (Å²) >= 11 is 6.39. The van der Waals surface area contributed by atoms with Crippen LogP contribution in [0.5, 0.6) is 0 Å². The van der Waals surface area contributed by atoms with Gasteiger partial charge in [-0.25, -0.2) is 4.68 Å². The van der Waals surface area contributed by atoms with E-state index >= 15 is 0 Å². The Labute approximate surface area is 165 Å². The van der Waals surface area contributed by atoms with Gasteiger partial charge in [-0.05, 0) is 18.6 Å². The van der Waals surface area contributed by atoms with Gasteiger partial charge in [-0.2, -0.15) is 5.10 Å². The number of nitrogens with zero attached hydrogens (tertiary/aromatic N) is 5. The van der Waals surface area contributed by atoms with Crippen LogP contribution in [0.3, 0.4) is 0 Å². The topological polar surface area (TPSA) is 117 Å². The van der Waals surface area contributed by atoms with Crippen LogP contribution >= 0.6 is 11.6 Å². The van der Waals surface area contributed by atoms with Crippen LogP contribution in [0.2, 0.25) is 5.02 Å². The van der Waals surface area contributed by atoms with Crippen LogP contribution in [-0.4, -0.2) is 59.7 Å². The molecule has 3 aromatic heterocycles. The third kappa shape index (κ3) is 3.47. The molecule has 0 saturated carbocycles. The predicted molar refractivity (Wildman–Crippen MR) is 107 cm³/mol. The standard InChI is InChI=1S/C18H20ClN7O2/c19-13-6-15(20-2-1-4-27)18-14(12-8-21-22-9-12)10-26(16(18)7-13)17-11-25(3-5-28)24-23-17/h6-11,20,27-28H,1-5H2,(H,21,22). The summed E-state index contributed by atoms with van der Waals surface area (Å²) in [5.74, 6) is 0.622. The average molecular weight is 402 g/mol. The number of rotatable bonds is 8. The van der Waals surface area contributed by atoms with E-state index in [2.05, 4.69) is 25.8 Å². The van der Waals surface area contributed by atoms with Crippen LogP contribution < -0.4 is 5.32 Å². The predicted octanol–water partition coefficient (Wildman–Crippen LogP) is 2.05. The van der Waals surface area contributed by atoms with Crippen LogP contribution in [0.4, 0.5) is 5.69 Å². The molecule has 0 aliphatic heterocycles. The molecular formula is C18H20ClN7O2. The maximum Gasteiger partial charge on any atom is 0.179 e. The number of nitrogens with one attached hydrogen (secondary N) is 2. The summed E-state index contributed by atoms with van der Waals surface area (Å²) in [7, 11) is 0. The average Bonchev–Trinajstić information content (AvgIpc) is 3.41. The van der Waals surface area contributed by atoms with Crippen LogP contribution in [-0.2, 0) is 6.54 Å². The second-order valence-corrected chi connectivity index (χ2v) is 6.75. The van der Waals surface area contributed by atoms with E-state index in [0.29, 0.717) is 30.4 Å². The van der Waals surface area contributed by atoms with Gasteiger partial charge in [0.05, 0.1) is 31.1 Å². The minimum Gasteiger partial charge on any atom is -0.396 e. The maximum absolute atomic E-state index is 9.13. The molecule has 0 amide bonds. The lowest BCUT2D eigenvalue weighted by Crippen LogP contribution is -2.04. The summed E-state index contributed by atoms with van der Waals surface area (Å²) in [4.78, 5) is 0. The van der Waals surface area contributed by atoms with Gasteiger partial charge in [0.2, 0.25) is 0 Å². The van der Waals surface area contributed by atoms with Gasteiger partial charge in [0.25, 0.3) is 0 Å². The normalized spacial score (nSPS) is 11.4. The Morgan fingerprint density at radius 2 is 2.07 bits per heavy atom. The fraction of sp³-hybridized carbons (Fsp3) is 0.278. The van der Waals surface area contributed by atoms with E-state index in [1.165, 1.54) is 0 Å².